The van der Waals surface area contributed by atoms with Crippen LogP contribution in [0.4, 0.5) is 4.39 Å². The lowest BCUT2D eigenvalue weighted by atomic mass is 10.2. The topological polar surface area (TPSA) is 74.5 Å². The van der Waals surface area contributed by atoms with Gasteiger partial charge in [0.25, 0.3) is 5.89 Å². The Balaban J connectivity index is 1.66. The molecule has 0 radical (unpaired) electrons. The van der Waals surface area contributed by atoms with Gasteiger partial charge in [-0.25, -0.2) is 9.18 Å². The quantitative estimate of drug-likeness (QED) is 0.433. The Morgan fingerprint density at radius 3 is 2.64 bits per heavy atom. The second kappa shape index (κ2) is 8.67. The van der Waals surface area contributed by atoms with Crippen molar-refractivity contribution in [3.8, 4) is 17.2 Å². The Morgan fingerprint density at radius 1 is 1.21 bits per heavy atom. The summed E-state index contributed by atoms with van der Waals surface area (Å²) >= 11 is 5.91. The third-order valence-electron chi connectivity index (χ3n) is 3.80. The second-order valence-corrected chi connectivity index (χ2v) is 6.13. The van der Waals surface area contributed by atoms with Crippen LogP contribution in [0.3, 0.4) is 0 Å². The van der Waals surface area contributed by atoms with E-state index in [0.717, 1.165) is 6.08 Å². The molecule has 0 amide bonds. The monoisotopic (exact) mass is 402 g/mol. The molecule has 1 unspecified atom stereocenters. The van der Waals surface area contributed by atoms with Gasteiger partial charge in [-0.3, -0.25) is 0 Å². The minimum atomic E-state index is -0.784. The number of aromatic nitrogens is 2. The highest BCUT2D eigenvalue weighted by Gasteiger charge is 2.18. The van der Waals surface area contributed by atoms with Crippen molar-refractivity contribution >= 4 is 23.6 Å². The summed E-state index contributed by atoms with van der Waals surface area (Å²) in [5, 5.41) is 8.05. The normalized spacial score (nSPS) is 12.1. The summed E-state index contributed by atoms with van der Waals surface area (Å²) in [5.74, 6) is -0.111. The number of nitrogens with zero attached hydrogens (tertiary/aromatic N) is 2. The van der Waals surface area contributed by atoms with Gasteiger partial charge in [0, 0.05) is 17.2 Å². The van der Waals surface area contributed by atoms with Gasteiger partial charge in [0.1, 0.15) is 11.6 Å². The lowest BCUT2D eigenvalue weighted by Gasteiger charge is -2.07. The van der Waals surface area contributed by atoms with Crippen molar-refractivity contribution in [2.45, 2.75) is 13.0 Å². The smallest absolute Gasteiger partial charge is 0.331 e. The first-order valence-corrected chi connectivity index (χ1v) is 8.66. The molecule has 3 aromatic rings. The fraction of sp³-hybridized carbons (Fsp3) is 0.150. The largest absolute Gasteiger partial charge is 0.497 e. The average Bonchev–Trinajstić information content (AvgIpc) is 3.18. The second-order valence-electron chi connectivity index (χ2n) is 5.72. The standard InChI is InChI=1S/C20H16ClFN2O4/c1-12(27-18(25)11-10-15-16(21)4-3-5-17(15)22)19-23-24-20(28-19)13-6-8-14(26-2)9-7-13/h3-12H,1-2H3/b11-10+. The fourth-order valence-electron chi connectivity index (χ4n) is 2.33. The number of methoxy groups -OCH3 is 1. The molecule has 0 fully saturated rings. The lowest BCUT2D eigenvalue weighted by Crippen LogP contribution is -2.06. The molecule has 0 bridgehead atoms. The van der Waals surface area contributed by atoms with Crippen molar-refractivity contribution in [2.75, 3.05) is 7.11 Å². The first-order valence-electron chi connectivity index (χ1n) is 8.28. The Morgan fingerprint density at radius 2 is 1.96 bits per heavy atom. The molecule has 3 rings (SSSR count). The first-order chi connectivity index (χ1) is 13.5. The number of carbonyl (C=O) groups excluding carboxylic acids is 1. The Bertz CT molecular complexity index is 981. The van der Waals surface area contributed by atoms with Crippen LogP contribution in [0.15, 0.2) is 53.0 Å². The molecule has 0 N–H and O–H groups in total. The molecule has 6 nitrogen and oxygen atoms in total. The van der Waals surface area contributed by atoms with Gasteiger partial charge in [-0.1, -0.05) is 17.7 Å². The number of ether oxygens (including phenoxy) is 2. The number of halogens is 2. The van der Waals surface area contributed by atoms with Crippen LogP contribution < -0.4 is 4.74 Å². The predicted octanol–water partition coefficient (Wildman–Crippen LogP) is 4.86. The average molecular weight is 403 g/mol. The number of hydrogen-bond donors (Lipinski definition) is 0. The molecule has 0 saturated carbocycles. The van der Waals surface area contributed by atoms with E-state index in [0.29, 0.717) is 11.3 Å². The molecular formula is C20H16ClFN2O4. The van der Waals surface area contributed by atoms with Crippen molar-refractivity contribution in [3.05, 3.63) is 70.8 Å². The van der Waals surface area contributed by atoms with Crippen LogP contribution in [0.25, 0.3) is 17.5 Å². The summed E-state index contributed by atoms with van der Waals surface area (Å²) in [7, 11) is 1.57. The van der Waals surface area contributed by atoms with Crippen LogP contribution in [0.1, 0.15) is 24.5 Å². The molecular weight excluding hydrogens is 387 g/mol. The minimum absolute atomic E-state index is 0.105. The van der Waals surface area contributed by atoms with E-state index in [1.165, 1.54) is 24.3 Å². The van der Waals surface area contributed by atoms with Crippen molar-refractivity contribution in [1.29, 1.82) is 0 Å². The lowest BCUT2D eigenvalue weighted by molar-refractivity contribution is -0.143. The van der Waals surface area contributed by atoms with Crippen LogP contribution in [-0.4, -0.2) is 23.3 Å². The SMILES string of the molecule is COc1ccc(-c2nnc(C(C)OC(=O)/C=C/c3c(F)cccc3Cl)o2)cc1. The zero-order valence-corrected chi connectivity index (χ0v) is 15.8. The van der Waals surface area contributed by atoms with E-state index in [1.54, 1.807) is 38.3 Å². The van der Waals surface area contributed by atoms with E-state index in [-0.39, 0.29) is 22.4 Å². The van der Waals surface area contributed by atoms with Gasteiger partial charge in [0.05, 0.1) is 12.1 Å². The zero-order chi connectivity index (χ0) is 20.1. The molecule has 28 heavy (non-hydrogen) atoms. The molecule has 0 aliphatic carbocycles. The van der Waals surface area contributed by atoms with Crippen molar-refractivity contribution in [3.63, 3.8) is 0 Å². The van der Waals surface area contributed by atoms with Gasteiger partial charge in [-0.2, -0.15) is 0 Å². The maximum absolute atomic E-state index is 13.7. The summed E-state index contributed by atoms with van der Waals surface area (Å²) in [6.07, 6.45) is 1.55. The highest BCUT2D eigenvalue weighted by Crippen LogP contribution is 2.25. The number of benzene rings is 2. The summed E-state index contributed by atoms with van der Waals surface area (Å²) in [6.45, 7) is 1.59. The number of carbonyl (C=O) groups is 1. The van der Waals surface area contributed by atoms with E-state index < -0.39 is 17.9 Å². The highest BCUT2D eigenvalue weighted by molar-refractivity contribution is 6.32. The van der Waals surface area contributed by atoms with Crippen LogP contribution in [0.5, 0.6) is 5.75 Å². The van der Waals surface area contributed by atoms with Gasteiger partial charge >= 0.3 is 5.97 Å². The first kappa shape index (κ1) is 19.6. The van der Waals surface area contributed by atoms with E-state index in [1.807, 2.05) is 0 Å². The van der Waals surface area contributed by atoms with E-state index in [4.69, 9.17) is 25.5 Å². The van der Waals surface area contributed by atoms with E-state index >= 15 is 0 Å². The molecule has 0 aliphatic rings. The summed E-state index contributed by atoms with van der Waals surface area (Å²) in [6, 6.07) is 11.3. The van der Waals surface area contributed by atoms with Gasteiger partial charge in [0.2, 0.25) is 5.89 Å². The molecule has 0 aliphatic heterocycles. The zero-order valence-electron chi connectivity index (χ0n) is 15.1. The maximum Gasteiger partial charge on any atom is 0.331 e. The third-order valence-corrected chi connectivity index (χ3v) is 4.13. The molecule has 2 aromatic carbocycles. The predicted molar refractivity (Wildman–Crippen MR) is 101 cm³/mol. The molecule has 1 atom stereocenters. The van der Waals surface area contributed by atoms with Crippen LogP contribution >= 0.6 is 11.6 Å². The van der Waals surface area contributed by atoms with Crippen LogP contribution in [0.2, 0.25) is 5.02 Å². The maximum atomic E-state index is 13.7. The van der Waals surface area contributed by atoms with E-state index in [9.17, 15) is 9.18 Å². The van der Waals surface area contributed by atoms with Gasteiger partial charge in [-0.15, -0.1) is 10.2 Å². The van der Waals surface area contributed by atoms with Gasteiger partial charge in [0.15, 0.2) is 6.10 Å². The van der Waals surface area contributed by atoms with Crippen molar-refractivity contribution in [2.24, 2.45) is 0 Å². The molecule has 144 valence electrons. The molecule has 1 aromatic heterocycles. The highest BCUT2D eigenvalue weighted by atomic mass is 35.5. The molecule has 0 spiro atoms. The van der Waals surface area contributed by atoms with Gasteiger partial charge < -0.3 is 13.9 Å². The molecule has 8 heteroatoms. The van der Waals surface area contributed by atoms with E-state index in [2.05, 4.69) is 10.2 Å². The Hall–Kier alpha value is -3.19. The Kier molecular flexibility index (Phi) is 6.06. The number of rotatable bonds is 6. The third kappa shape index (κ3) is 4.55. The summed E-state index contributed by atoms with van der Waals surface area (Å²) < 4.78 is 29.6. The minimum Gasteiger partial charge on any atom is -0.497 e. The Labute approximate surface area is 165 Å². The van der Waals surface area contributed by atoms with Crippen molar-refractivity contribution in [1.82, 2.24) is 10.2 Å². The number of hydrogen-bond acceptors (Lipinski definition) is 6. The number of esters is 1. The fourth-order valence-corrected chi connectivity index (χ4v) is 2.56. The van der Waals surface area contributed by atoms with Crippen LogP contribution in [-0.2, 0) is 9.53 Å². The summed E-state index contributed by atoms with van der Waals surface area (Å²) in [5.41, 5.74) is 0.806. The molecule has 0 saturated heterocycles. The summed E-state index contributed by atoms with van der Waals surface area (Å²) in [4.78, 5) is 12.0. The van der Waals surface area contributed by atoms with Crippen LogP contribution in [0, 0.1) is 5.82 Å². The molecule has 1 heterocycles. The van der Waals surface area contributed by atoms with Gasteiger partial charge in [-0.05, 0) is 49.4 Å². The van der Waals surface area contributed by atoms with Crippen molar-refractivity contribution < 1.29 is 23.1 Å².